The average Bonchev–Trinajstić information content (AvgIpc) is 1.87. The third-order valence-electron chi connectivity index (χ3n) is 2.68. The molecule has 1 fully saturated rings. The van der Waals surface area contributed by atoms with Gasteiger partial charge in [0.2, 0.25) is 0 Å². The molecule has 0 aliphatic heterocycles. The quantitative estimate of drug-likeness (QED) is 0.677. The minimum absolute atomic E-state index is 0.572. The van der Waals surface area contributed by atoms with E-state index in [0.29, 0.717) is 5.41 Å². The van der Waals surface area contributed by atoms with Crippen LogP contribution < -0.4 is 5.73 Å². The summed E-state index contributed by atoms with van der Waals surface area (Å²) in [6.07, 6.45) is 7.67. The summed E-state index contributed by atoms with van der Waals surface area (Å²) in [5, 5.41) is 0. The fourth-order valence-corrected chi connectivity index (χ4v) is 2.19. The highest BCUT2D eigenvalue weighted by atomic mass is 32.2. The van der Waals surface area contributed by atoms with Crippen LogP contribution >= 0.6 is 11.8 Å². The summed E-state index contributed by atoms with van der Waals surface area (Å²) in [5.74, 6) is 1.29. The molecule has 0 radical (unpaired) electrons. The van der Waals surface area contributed by atoms with E-state index < -0.39 is 0 Å². The van der Waals surface area contributed by atoms with Crippen LogP contribution in [0.15, 0.2) is 0 Å². The van der Waals surface area contributed by atoms with Gasteiger partial charge in [0.05, 0.1) is 0 Å². The monoisotopic (exact) mass is 159 g/mol. The maximum atomic E-state index is 5.70. The number of nitrogens with two attached hydrogens (primary N) is 1. The van der Waals surface area contributed by atoms with Crippen LogP contribution in [0.4, 0.5) is 0 Å². The van der Waals surface area contributed by atoms with Crippen LogP contribution in [-0.2, 0) is 0 Å². The molecular weight excluding hydrogens is 142 g/mol. The summed E-state index contributed by atoms with van der Waals surface area (Å²) in [7, 11) is 0. The predicted molar refractivity (Wildman–Crippen MR) is 48.3 cm³/mol. The van der Waals surface area contributed by atoms with E-state index in [2.05, 4.69) is 6.26 Å². The van der Waals surface area contributed by atoms with Gasteiger partial charge in [-0.1, -0.05) is 6.42 Å². The summed E-state index contributed by atoms with van der Waals surface area (Å²) in [6, 6.07) is 0. The summed E-state index contributed by atoms with van der Waals surface area (Å²) < 4.78 is 0. The molecule has 2 N–H and O–H groups in total. The number of thioether (sulfide) groups is 1. The molecule has 1 saturated carbocycles. The van der Waals surface area contributed by atoms with Crippen LogP contribution in [0.5, 0.6) is 0 Å². The Labute approximate surface area is 67.8 Å². The van der Waals surface area contributed by atoms with Gasteiger partial charge in [0.25, 0.3) is 0 Å². The first-order chi connectivity index (χ1) is 4.83. The van der Waals surface area contributed by atoms with Gasteiger partial charge in [0.15, 0.2) is 0 Å². The summed E-state index contributed by atoms with van der Waals surface area (Å²) in [4.78, 5) is 0. The summed E-state index contributed by atoms with van der Waals surface area (Å²) in [5.41, 5.74) is 6.27. The van der Waals surface area contributed by atoms with Crippen molar-refractivity contribution in [2.45, 2.75) is 25.7 Å². The second-order valence-electron chi connectivity index (χ2n) is 3.30. The Bertz CT molecular complexity index is 93.9. The predicted octanol–water partition coefficient (Wildman–Crippen LogP) is 1.87. The van der Waals surface area contributed by atoms with Crippen molar-refractivity contribution in [2.24, 2.45) is 11.1 Å². The fraction of sp³-hybridized carbons (Fsp3) is 1.00. The standard InChI is InChI=1S/C8H17NS/c1-10-6-5-8(7-9)3-2-4-8/h2-7,9H2,1H3. The van der Waals surface area contributed by atoms with Crippen molar-refractivity contribution in [3.63, 3.8) is 0 Å². The minimum atomic E-state index is 0.572. The SMILES string of the molecule is CSCCC1(CN)CCC1. The van der Waals surface area contributed by atoms with Gasteiger partial charge in [0.1, 0.15) is 0 Å². The largest absolute Gasteiger partial charge is 0.330 e. The average molecular weight is 159 g/mol. The lowest BCUT2D eigenvalue weighted by Crippen LogP contribution is -2.37. The van der Waals surface area contributed by atoms with Crippen molar-refractivity contribution >= 4 is 11.8 Å². The van der Waals surface area contributed by atoms with E-state index in [1.54, 1.807) is 0 Å². The zero-order chi connectivity index (χ0) is 7.45. The third kappa shape index (κ3) is 1.67. The van der Waals surface area contributed by atoms with Crippen LogP contribution in [0.3, 0.4) is 0 Å². The zero-order valence-electron chi connectivity index (χ0n) is 6.73. The van der Waals surface area contributed by atoms with Crippen LogP contribution in [0.1, 0.15) is 25.7 Å². The Morgan fingerprint density at radius 2 is 2.20 bits per heavy atom. The van der Waals surface area contributed by atoms with E-state index in [-0.39, 0.29) is 0 Å². The fourth-order valence-electron chi connectivity index (χ4n) is 1.55. The zero-order valence-corrected chi connectivity index (χ0v) is 7.54. The molecule has 0 spiro atoms. The molecule has 0 bridgehead atoms. The molecule has 1 aliphatic carbocycles. The van der Waals surface area contributed by atoms with E-state index >= 15 is 0 Å². The van der Waals surface area contributed by atoms with Crippen molar-refractivity contribution in [2.75, 3.05) is 18.6 Å². The van der Waals surface area contributed by atoms with E-state index in [4.69, 9.17) is 5.73 Å². The highest BCUT2D eigenvalue weighted by molar-refractivity contribution is 7.98. The van der Waals surface area contributed by atoms with Gasteiger partial charge >= 0.3 is 0 Å². The van der Waals surface area contributed by atoms with Gasteiger partial charge in [-0.05, 0) is 43.2 Å². The van der Waals surface area contributed by atoms with Gasteiger partial charge in [0, 0.05) is 0 Å². The van der Waals surface area contributed by atoms with Crippen molar-refractivity contribution in [3.8, 4) is 0 Å². The van der Waals surface area contributed by atoms with E-state index in [1.807, 2.05) is 11.8 Å². The molecule has 10 heavy (non-hydrogen) atoms. The molecule has 1 aliphatic rings. The molecule has 0 unspecified atom stereocenters. The second kappa shape index (κ2) is 3.63. The highest BCUT2D eigenvalue weighted by Gasteiger charge is 2.34. The van der Waals surface area contributed by atoms with Crippen LogP contribution in [0.2, 0.25) is 0 Å². The van der Waals surface area contributed by atoms with E-state index in [0.717, 1.165) is 6.54 Å². The normalized spacial score (nSPS) is 22.2. The first-order valence-corrected chi connectivity index (χ1v) is 5.41. The van der Waals surface area contributed by atoms with Gasteiger partial charge in [-0.15, -0.1) is 0 Å². The van der Waals surface area contributed by atoms with Gasteiger partial charge < -0.3 is 5.73 Å². The Hall–Kier alpha value is 0.310. The molecule has 0 heterocycles. The molecule has 0 amide bonds. The molecule has 1 rings (SSSR count). The molecule has 0 aromatic heterocycles. The number of hydrogen-bond acceptors (Lipinski definition) is 2. The van der Waals surface area contributed by atoms with E-state index in [9.17, 15) is 0 Å². The molecule has 1 nitrogen and oxygen atoms in total. The highest BCUT2D eigenvalue weighted by Crippen LogP contribution is 2.43. The first kappa shape index (κ1) is 8.41. The molecule has 0 atom stereocenters. The van der Waals surface area contributed by atoms with Crippen molar-refractivity contribution in [1.29, 1.82) is 0 Å². The maximum Gasteiger partial charge on any atom is -0.00202 e. The van der Waals surface area contributed by atoms with E-state index in [1.165, 1.54) is 31.4 Å². The lowest BCUT2D eigenvalue weighted by Gasteiger charge is -2.41. The maximum absolute atomic E-state index is 5.70. The van der Waals surface area contributed by atoms with Crippen molar-refractivity contribution < 1.29 is 0 Å². The summed E-state index contributed by atoms with van der Waals surface area (Å²) >= 11 is 1.94. The molecular formula is C8H17NS. The first-order valence-electron chi connectivity index (χ1n) is 4.02. The Balaban J connectivity index is 2.20. The molecule has 0 saturated heterocycles. The lowest BCUT2D eigenvalue weighted by molar-refractivity contribution is 0.140. The van der Waals surface area contributed by atoms with Crippen LogP contribution in [0.25, 0.3) is 0 Å². The molecule has 2 heteroatoms. The second-order valence-corrected chi connectivity index (χ2v) is 4.29. The Morgan fingerprint density at radius 3 is 2.50 bits per heavy atom. The van der Waals surface area contributed by atoms with Crippen LogP contribution in [-0.4, -0.2) is 18.6 Å². The molecule has 60 valence electrons. The van der Waals surface area contributed by atoms with Gasteiger partial charge in [-0.2, -0.15) is 11.8 Å². The Morgan fingerprint density at radius 1 is 1.50 bits per heavy atom. The number of hydrogen-bond donors (Lipinski definition) is 1. The van der Waals surface area contributed by atoms with Gasteiger partial charge in [-0.25, -0.2) is 0 Å². The Kier molecular flexibility index (Phi) is 3.05. The summed E-state index contributed by atoms with van der Waals surface area (Å²) in [6.45, 7) is 0.910. The van der Waals surface area contributed by atoms with Crippen molar-refractivity contribution in [1.82, 2.24) is 0 Å². The smallest absolute Gasteiger partial charge is 0.00202 e. The minimum Gasteiger partial charge on any atom is -0.330 e. The topological polar surface area (TPSA) is 26.0 Å². The molecule has 0 aromatic carbocycles. The molecule has 0 aromatic rings. The van der Waals surface area contributed by atoms with Crippen molar-refractivity contribution in [3.05, 3.63) is 0 Å². The third-order valence-corrected chi connectivity index (χ3v) is 3.30. The lowest BCUT2D eigenvalue weighted by atomic mass is 9.67. The van der Waals surface area contributed by atoms with Gasteiger partial charge in [-0.3, -0.25) is 0 Å². The van der Waals surface area contributed by atoms with Crippen LogP contribution in [0, 0.1) is 5.41 Å². The number of rotatable bonds is 4.